The number of rotatable bonds is 7. The maximum atomic E-state index is 14.4. The van der Waals surface area contributed by atoms with E-state index in [1.165, 1.54) is 7.05 Å². The molecule has 3 aliphatic carbocycles. The molecule has 5 rings (SSSR count). The smallest absolute Gasteiger partial charge is 0.407 e. The molecule has 2 fully saturated rings. The number of halogens is 2. The molecule has 0 radical (unpaired) electrons. The molecule has 7 nitrogen and oxygen atoms in total. The highest BCUT2D eigenvalue weighted by atomic mass is 19.3. The number of alkyl carbamates (subject to hydrolysis) is 1. The number of hydrogen-bond acceptors (Lipinski definition) is 4. The molecule has 3 aliphatic rings. The van der Waals surface area contributed by atoms with Crippen molar-refractivity contribution in [2.75, 3.05) is 20.2 Å². The molecule has 0 aliphatic heterocycles. The van der Waals surface area contributed by atoms with Gasteiger partial charge in [-0.15, -0.1) is 0 Å². The summed E-state index contributed by atoms with van der Waals surface area (Å²) >= 11 is 0. The number of nitrogens with zero attached hydrogens (tertiary/aromatic N) is 1. The molecule has 0 bridgehead atoms. The van der Waals surface area contributed by atoms with Crippen LogP contribution in [0.5, 0.6) is 0 Å². The predicted molar refractivity (Wildman–Crippen MR) is 122 cm³/mol. The SMILES string of the molecule is CN(C(=O)C1C(CNC(=O)OCC2c3ccccc3-c3ccccc32)C1(F)F)C1(C(=O)O)CCC1. The first kappa shape index (κ1) is 23.3. The quantitative estimate of drug-likeness (QED) is 0.622. The van der Waals surface area contributed by atoms with E-state index in [0.717, 1.165) is 27.2 Å². The summed E-state index contributed by atoms with van der Waals surface area (Å²) in [6, 6.07) is 15.7. The van der Waals surface area contributed by atoms with Gasteiger partial charge in [0.15, 0.2) is 0 Å². The number of nitrogens with one attached hydrogen (secondary N) is 1. The van der Waals surface area contributed by atoms with Gasteiger partial charge in [-0.25, -0.2) is 18.4 Å². The second-order valence-corrected chi connectivity index (χ2v) is 9.55. The first-order chi connectivity index (χ1) is 16.7. The van der Waals surface area contributed by atoms with Crippen LogP contribution in [0.4, 0.5) is 13.6 Å². The second kappa shape index (κ2) is 8.32. The Hall–Kier alpha value is -3.49. The molecule has 9 heteroatoms. The fourth-order valence-corrected chi connectivity index (χ4v) is 5.45. The number of fused-ring (bicyclic) bond motifs is 3. The third-order valence-electron chi connectivity index (χ3n) is 7.83. The van der Waals surface area contributed by atoms with Crippen LogP contribution in [-0.4, -0.2) is 59.6 Å². The molecule has 0 spiro atoms. The molecule has 2 amide bonds. The molecule has 0 heterocycles. The summed E-state index contributed by atoms with van der Waals surface area (Å²) in [5.41, 5.74) is 2.80. The van der Waals surface area contributed by atoms with E-state index in [4.69, 9.17) is 4.74 Å². The van der Waals surface area contributed by atoms with E-state index >= 15 is 0 Å². The van der Waals surface area contributed by atoms with E-state index in [-0.39, 0.29) is 25.4 Å². The molecule has 2 unspecified atom stereocenters. The van der Waals surface area contributed by atoms with Crippen molar-refractivity contribution < 1.29 is 33.0 Å². The first-order valence-electron chi connectivity index (χ1n) is 11.7. The van der Waals surface area contributed by atoms with Crippen LogP contribution in [0, 0.1) is 11.8 Å². The lowest BCUT2D eigenvalue weighted by Crippen LogP contribution is -2.60. The van der Waals surface area contributed by atoms with Crippen molar-refractivity contribution in [3.63, 3.8) is 0 Å². The summed E-state index contributed by atoms with van der Waals surface area (Å²) in [6.07, 6.45) is 0.268. The third kappa shape index (κ3) is 3.64. The number of hydrogen-bond donors (Lipinski definition) is 2. The van der Waals surface area contributed by atoms with Crippen molar-refractivity contribution in [1.82, 2.24) is 10.2 Å². The Bertz CT molecular complexity index is 1150. The van der Waals surface area contributed by atoms with E-state index in [1.807, 2.05) is 48.5 Å². The van der Waals surface area contributed by atoms with E-state index in [1.54, 1.807) is 0 Å². The Morgan fingerprint density at radius 1 is 1.06 bits per heavy atom. The molecule has 2 aromatic carbocycles. The van der Waals surface area contributed by atoms with Gasteiger partial charge in [0.1, 0.15) is 18.1 Å². The predicted octanol–water partition coefficient (Wildman–Crippen LogP) is 3.87. The van der Waals surface area contributed by atoms with Gasteiger partial charge in [0.2, 0.25) is 5.91 Å². The lowest BCUT2D eigenvalue weighted by atomic mass is 9.75. The maximum Gasteiger partial charge on any atom is 0.407 e. The molecule has 0 aromatic heterocycles. The standard InChI is InChI=1S/C26H26F2N2O5/c1-30(25(23(32)33)11-6-12-25)22(31)21-20(26(21,27)28)13-29-24(34)35-14-19-17-9-4-2-7-15(17)16-8-3-5-10-18(16)19/h2-5,7-10,19-21H,6,11-14H2,1H3,(H,29,34)(H,32,33). The Labute approximate surface area is 201 Å². The number of benzene rings is 2. The van der Waals surface area contributed by atoms with Gasteiger partial charge in [0.25, 0.3) is 5.92 Å². The molecule has 2 aromatic rings. The monoisotopic (exact) mass is 484 g/mol. The van der Waals surface area contributed by atoms with Crippen LogP contribution in [-0.2, 0) is 14.3 Å². The van der Waals surface area contributed by atoms with Gasteiger partial charge < -0.3 is 20.1 Å². The first-order valence-corrected chi connectivity index (χ1v) is 11.7. The minimum atomic E-state index is -3.31. The van der Waals surface area contributed by atoms with Crippen molar-refractivity contribution in [2.45, 2.75) is 36.6 Å². The van der Waals surface area contributed by atoms with Gasteiger partial charge in [-0.3, -0.25) is 4.79 Å². The molecule has 35 heavy (non-hydrogen) atoms. The van der Waals surface area contributed by atoms with Gasteiger partial charge in [-0.1, -0.05) is 48.5 Å². The third-order valence-corrected chi connectivity index (χ3v) is 7.83. The zero-order valence-corrected chi connectivity index (χ0v) is 19.2. The molecule has 2 saturated carbocycles. The largest absolute Gasteiger partial charge is 0.479 e. The summed E-state index contributed by atoms with van der Waals surface area (Å²) in [7, 11) is 1.26. The van der Waals surface area contributed by atoms with Crippen molar-refractivity contribution in [3.8, 4) is 11.1 Å². The number of carbonyl (C=O) groups excluding carboxylic acids is 2. The van der Waals surface area contributed by atoms with E-state index in [2.05, 4.69) is 5.32 Å². The van der Waals surface area contributed by atoms with Crippen molar-refractivity contribution in [3.05, 3.63) is 59.7 Å². The van der Waals surface area contributed by atoms with Crippen LogP contribution >= 0.6 is 0 Å². The van der Waals surface area contributed by atoms with Gasteiger partial charge in [0.05, 0.1) is 5.92 Å². The molecule has 2 atom stereocenters. The average molecular weight is 484 g/mol. The fourth-order valence-electron chi connectivity index (χ4n) is 5.45. The van der Waals surface area contributed by atoms with Crippen molar-refractivity contribution in [1.29, 1.82) is 0 Å². The average Bonchev–Trinajstić information content (AvgIpc) is 3.20. The number of alkyl halides is 2. The molecule has 184 valence electrons. The lowest BCUT2D eigenvalue weighted by molar-refractivity contribution is -0.165. The van der Waals surface area contributed by atoms with Gasteiger partial charge in [0, 0.05) is 19.5 Å². The number of carboxylic acids is 1. The summed E-state index contributed by atoms with van der Waals surface area (Å²) in [5, 5.41) is 11.9. The number of amides is 2. The zero-order chi connectivity index (χ0) is 25.0. The van der Waals surface area contributed by atoms with Crippen LogP contribution in [0.2, 0.25) is 0 Å². The van der Waals surface area contributed by atoms with E-state index in [0.29, 0.717) is 6.42 Å². The minimum absolute atomic E-state index is 0.0488. The fraction of sp³-hybridized carbons (Fsp3) is 0.423. The normalized spacial score (nSPS) is 22.8. The highest BCUT2D eigenvalue weighted by Gasteiger charge is 2.73. The summed E-state index contributed by atoms with van der Waals surface area (Å²) in [5.74, 6) is -8.62. The lowest BCUT2D eigenvalue weighted by Gasteiger charge is -2.45. The molecule has 2 N–H and O–H groups in total. The van der Waals surface area contributed by atoms with Gasteiger partial charge in [-0.05, 0) is 41.5 Å². The number of aliphatic carboxylic acids is 1. The number of carbonyl (C=O) groups is 3. The van der Waals surface area contributed by atoms with Crippen LogP contribution < -0.4 is 5.32 Å². The van der Waals surface area contributed by atoms with Crippen LogP contribution in [0.15, 0.2) is 48.5 Å². The summed E-state index contributed by atoms with van der Waals surface area (Å²) in [6.45, 7) is -0.388. The maximum absolute atomic E-state index is 14.4. The number of likely N-dealkylation sites (N-methyl/N-ethyl adjacent to an activating group) is 1. The Morgan fingerprint density at radius 3 is 2.14 bits per heavy atom. The molecular formula is C26H26F2N2O5. The van der Waals surface area contributed by atoms with Gasteiger partial charge >= 0.3 is 12.1 Å². The van der Waals surface area contributed by atoms with E-state index in [9.17, 15) is 28.3 Å². The van der Waals surface area contributed by atoms with Crippen molar-refractivity contribution >= 4 is 18.0 Å². The van der Waals surface area contributed by atoms with Crippen LogP contribution in [0.1, 0.15) is 36.3 Å². The molecular weight excluding hydrogens is 458 g/mol. The van der Waals surface area contributed by atoms with Gasteiger partial charge in [-0.2, -0.15) is 0 Å². The number of ether oxygens (including phenoxy) is 1. The Morgan fingerprint density at radius 2 is 1.63 bits per heavy atom. The Balaban J connectivity index is 1.18. The molecule has 0 saturated heterocycles. The van der Waals surface area contributed by atoms with Crippen LogP contribution in [0.3, 0.4) is 0 Å². The Kier molecular flexibility index (Phi) is 5.53. The minimum Gasteiger partial charge on any atom is -0.479 e. The van der Waals surface area contributed by atoms with Crippen molar-refractivity contribution in [2.24, 2.45) is 11.8 Å². The summed E-state index contributed by atoms with van der Waals surface area (Å²) in [4.78, 5) is 37.6. The summed E-state index contributed by atoms with van der Waals surface area (Å²) < 4.78 is 34.2. The zero-order valence-electron chi connectivity index (χ0n) is 19.2. The highest BCUT2D eigenvalue weighted by molar-refractivity contribution is 5.91. The highest BCUT2D eigenvalue weighted by Crippen LogP contribution is 2.56. The number of carboxylic acid groups (broad SMARTS) is 1. The van der Waals surface area contributed by atoms with Crippen LogP contribution in [0.25, 0.3) is 11.1 Å². The van der Waals surface area contributed by atoms with E-state index < -0.39 is 47.8 Å². The second-order valence-electron chi connectivity index (χ2n) is 9.55. The topological polar surface area (TPSA) is 95.9 Å².